The van der Waals surface area contributed by atoms with Crippen molar-refractivity contribution in [2.45, 2.75) is 0 Å². The van der Waals surface area contributed by atoms with Crippen molar-refractivity contribution in [2.75, 3.05) is 0 Å². The molecule has 0 aromatic heterocycles. The lowest BCUT2D eigenvalue weighted by Crippen LogP contribution is -2.32. The Hall–Kier alpha value is -3.08. The van der Waals surface area contributed by atoms with Gasteiger partial charge in [-0.2, -0.15) is 10.1 Å². The Balaban J connectivity index is 2.35. The molecular weight excluding hydrogens is 268 g/mol. The number of imide groups is 1. The Morgan fingerprint density at radius 3 is 1.62 bits per heavy atom. The molecule has 0 radical (unpaired) electrons. The Morgan fingerprint density at radius 2 is 1.24 bits per heavy atom. The molecule has 0 spiro atoms. The fraction of sp³-hybridized carbons (Fsp3) is 0. The van der Waals surface area contributed by atoms with Gasteiger partial charge in [0.2, 0.25) is 0 Å². The maximum atomic E-state index is 12.3. The molecule has 2 amide bonds. The van der Waals surface area contributed by atoms with Crippen LogP contribution in [0.25, 0.3) is 0 Å². The molecular formula is C16H12N2O3. The van der Waals surface area contributed by atoms with Crippen molar-refractivity contribution in [1.82, 2.24) is 5.01 Å². The lowest BCUT2D eigenvalue weighted by atomic mass is 10.1. The highest BCUT2D eigenvalue weighted by atomic mass is 16.2. The van der Waals surface area contributed by atoms with E-state index in [0.717, 1.165) is 6.21 Å². The summed E-state index contributed by atoms with van der Waals surface area (Å²) in [6.45, 7) is 0. The summed E-state index contributed by atoms with van der Waals surface area (Å²) in [7, 11) is 0. The summed E-state index contributed by atoms with van der Waals surface area (Å²) in [5.41, 5.74) is 0.620. The number of rotatable bonds is 4. The van der Waals surface area contributed by atoms with E-state index in [4.69, 9.17) is 0 Å². The van der Waals surface area contributed by atoms with Crippen LogP contribution in [0.3, 0.4) is 0 Å². The van der Waals surface area contributed by atoms with Gasteiger partial charge < -0.3 is 0 Å². The Morgan fingerprint density at radius 1 is 0.810 bits per heavy atom. The first-order valence-electron chi connectivity index (χ1n) is 6.20. The van der Waals surface area contributed by atoms with Crippen LogP contribution in [0, 0.1) is 0 Å². The van der Waals surface area contributed by atoms with Crippen molar-refractivity contribution < 1.29 is 14.4 Å². The average Bonchev–Trinajstić information content (AvgIpc) is 2.56. The van der Waals surface area contributed by atoms with Crippen molar-refractivity contribution in [3.8, 4) is 0 Å². The number of carbonyl (C=O) groups is 3. The fourth-order valence-electron chi connectivity index (χ4n) is 1.70. The minimum absolute atomic E-state index is 0.310. The Bertz CT molecular complexity index is 615. The summed E-state index contributed by atoms with van der Waals surface area (Å²) in [5, 5.41) is 4.32. The molecule has 21 heavy (non-hydrogen) atoms. The molecule has 104 valence electrons. The molecule has 2 aromatic rings. The number of aldehydes is 1. The van der Waals surface area contributed by atoms with E-state index in [1.807, 2.05) is 0 Å². The number of amides is 2. The zero-order valence-corrected chi connectivity index (χ0v) is 11.0. The molecule has 0 atom stereocenters. The molecule has 0 aliphatic heterocycles. The molecule has 0 fully saturated rings. The molecule has 0 bridgehead atoms. The molecule has 2 aromatic carbocycles. The van der Waals surface area contributed by atoms with Crippen molar-refractivity contribution in [3.05, 3.63) is 71.8 Å². The Labute approximate surface area is 121 Å². The van der Waals surface area contributed by atoms with Crippen LogP contribution >= 0.6 is 0 Å². The lowest BCUT2D eigenvalue weighted by Gasteiger charge is -2.14. The van der Waals surface area contributed by atoms with Crippen LogP contribution in [0.15, 0.2) is 65.8 Å². The van der Waals surface area contributed by atoms with Crippen LogP contribution in [-0.2, 0) is 4.79 Å². The number of hydrazone groups is 1. The van der Waals surface area contributed by atoms with Crippen LogP contribution in [0.2, 0.25) is 0 Å². The van der Waals surface area contributed by atoms with E-state index in [9.17, 15) is 14.4 Å². The van der Waals surface area contributed by atoms with E-state index in [-0.39, 0.29) is 0 Å². The number of carbonyl (C=O) groups excluding carboxylic acids is 3. The van der Waals surface area contributed by atoms with Gasteiger partial charge in [0.05, 0.1) is 6.21 Å². The third-order valence-electron chi connectivity index (χ3n) is 2.67. The van der Waals surface area contributed by atoms with Gasteiger partial charge in [-0.25, -0.2) is 0 Å². The SMILES string of the molecule is O=CC=NN(C(=O)c1ccccc1)C(=O)c1ccccc1. The van der Waals surface area contributed by atoms with Crippen LogP contribution in [-0.4, -0.2) is 29.3 Å². The van der Waals surface area contributed by atoms with Gasteiger partial charge in [-0.15, -0.1) is 0 Å². The summed E-state index contributed by atoms with van der Waals surface area (Å²) < 4.78 is 0. The molecule has 0 saturated carbocycles. The van der Waals surface area contributed by atoms with Crippen LogP contribution in [0.4, 0.5) is 0 Å². The van der Waals surface area contributed by atoms with Crippen molar-refractivity contribution in [2.24, 2.45) is 5.10 Å². The minimum Gasteiger partial charge on any atom is -0.297 e. The Kier molecular flexibility index (Phi) is 4.71. The van der Waals surface area contributed by atoms with E-state index < -0.39 is 11.8 Å². The van der Waals surface area contributed by atoms with E-state index in [1.165, 1.54) is 0 Å². The highest BCUT2D eigenvalue weighted by Crippen LogP contribution is 2.10. The van der Waals surface area contributed by atoms with Crippen LogP contribution in [0.1, 0.15) is 20.7 Å². The summed E-state index contributed by atoms with van der Waals surface area (Å²) >= 11 is 0. The van der Waals surface area contributed by atoms with E-state index >= 15 is 0 Å². The molecule has 0 unspecified atom stereocenters. The predicted molar refractivity (Wildman–Crippen MR) is 77.9 cm³/mol. The lowest BCUT2D eigenvalue weighted by molar-refractivity contribution is -0.102. The van der Waals surface area contributed by atoms with Crippen molar-refractivity contribution >= 4 is 24.3 Å². The zero-order valence-electron chi connectivity index (χ0n) is 11.0. The van der Waals surface area contributed by atoms with Crippen molar-refractivity contribution in [1.29, 1.82) is 0 Å². The first-order valence-corrected chi connectivity index (χ1v) is 6.20. The molecule has 0 N–H and O–H groups in total. The minimum atomic E-state index is -0.595. The highest BCUT2D eigenvalue weighted by Gasteiger charge is 2.23. The van der Waals surface area contributed by atoms with Crippen LogP contribution < -0.4 is 0 Å². The predicted octanol–water partition coefficient (Wildman–Crippen LogP) is 2.15. The topological polar surface area (TPSA) is 66.8 Å². The second kappa shape index (κ2) is 6.91. The average molecular weight is 280 g/mol. The first-order chi connectivity index (χ1) is 10.2. The maximum Gasteiger partial charge on any atom is 0.281 e. The second-order valence-electron chi connectivity index (χ2n) is 4.05. The van der Waals surface area contributed by atoms with Crippen molar-refractivity contribution in [3.63, 3.8) is 0 Å². The van der Waals surface area contributed by atoms with Gasteiger partial charge in [-0.05, 0) is 24.3 Å². The van der Waals surface area contributed by atoms with E-state index in [2.05, 4.69) is 5.10 Å². The van der Waals surface area contributed by atoms with Gasteiger partial charge in [0.15, 0.2) is 6.29 Å². The second-order valence-corrected chi connectivity index (χ2v) is 4.05. The standard InChI is InChI=1S/C16H12N2O3/c19-12-11-17-18(15(20)13-7-3-1-4-8-13)16(21)14-9-5-2-6-10-14/h1-12H. The van der Waals surface area contributed by atoms with E-state index in [1.54, 1.807) is 60.7 Å². The fourth-order valence-corrected chi connectivity index (χ4v) is 1.70. The summed E-state index contributed by atoms with van der Waals surface area (Å²) in [6, 6.07) is 16.5. The van der Waals surface area contributed by atoms with Gasteiger partial charge in [0.25, 0.3) is 11.8 Å². The number of hydrogen-bond acceptors (Lipinski definition) is 4. The summed E-state index contributed by atoms with van der Waals surface area (Å²) in [6.07, 6.45) is 1.27. The number of hydrogen-bond donors (Lipinski definition) is 0. The first kappa shape index (κ1) is 14.3. The third kappa shape index (κ3) is 3.48. The molecule has 0 saturated heterocycles. The normalized spacial score (nSPS) is 10.3. The summed E-state index contributed by atoms with van der Waals surface area (Å²) in [5.74, 6) is -1.19. The summed E-state index contributed by atoms with van der Waals surface area (Å²) in [4.78, 5) is 35.1. The van der Waals surface area contributed by atoms with Gasteiger partial charge >= 0.3 is 0 Å². The van der Waals surface area contributed by atoms with Gasteiger partial charge in [0, 0.05) is 11.1 Å². The number of nitrogens with zero attached hydrogens (tertiary/aromatic N) is 2. The van der Waals surface area contributed by atoms with Gasteiger partial charge in [-0.3, -0.25) is 14.4 Å². The van der Waals surface area contributed by atoms with Gasteiger partial charge in [-0.1, -0.05) is 36.4 Å². The molecule has 5 heteroatoms. The monoisotopic (exact) mass is 280 g/mol. The van der Waals surface area contributed by atoms with Gasteiger partial charge in [0.1, 0.15) is 0 Å². The largest absolute Gasteiger partial charge is 0.297 e. The third-order valence-corrected chi connectivity index (χ3v) is 2.67. The molecule has 0 heterocycles. The maximum absolute atomic E-state index is 12.3. The molecule has 5 nitrogen and oxygen atoms in total. The molecule has 0 aliphatic carbocycles. The number of benzene rings is 2. The smallest absolute Gasteiger partial charge is 0.281 e. The van der Waals surface area contributed by atoms with E-state index in [0.29, 0.717) is 22.4 Å². The van der Waals surface area contributed by atoms with Crippen LogP contribution in [0.5, 0.6) is 0 Å². The quantitative estimate of drug-likeness (QED) is 0.373. The zero-order chi connectivity index (χ0) is 15.1. The molecule has 0 aliphatic rings. The highest BCUT2D eigenvalue weighted by molar-refractivity contribution is 6.15. The molecule has 2 rings (SSSR count).